The average Bonchev–Trinajstić information content (AvgIpc) is 3.83. The van der Waals surface area contributed by atoms with E-state index < -0.39 is 35.0 Å². The zero-order chi connectivity index (χ0) is 42.6. The fourth-order valence-electron chi connectivity index (χ4n) is 7.44. The van der Waals surface area contributed by atoms with Gasteiger partial charge in [-0.05, 0) is 95.8 Å². The molecule has 60 heavy (non-hydrogen) atoms. The minimum absolute atomic E-state index is 0.0487. The first-order valence-corrected chi connectivity index (χ1v) is 21.3. The van der Waals surface area contributed by atoms with Gasteiger partial charge in [-0.2, -0.15) is 17.6 Å². The molecule has 8 rings (SSSR count). The van der Waals surface area contributed by atoms with Crippen LogP contribution in [0.5, 0.6) is 0 Å². The Hall–Kier alpha value is -5.14. The Morgan fingerprint density at radius 2 is 1.00 bits per heavy atom. The summed E-state index contributed by atoms with van der Waals surface area (Å²) >= 11 is 15.4. The van der Waals surface area contributed by atoms with Gasteiger partial charge in [-0.1, -0.05) is 83.9 Å². The number of aromatic nitrogens is 2. The molecular formula is C46H38Cl2F4N4O2S2. The zero-order valence-corrected chi connectivity index (χ0v) is 35.5. The van der Waals surface area contributed by atoms with Gasteiger partial charge in [0, 0.05) is 59.2 Å². The Morgan fingerprint density at radius 3 is 1.37 bits per heavy atom. The standard InChI is InChI=1S/2C23H19ClF2N2OS/c2*1-15-6-2-3-7-16(15)18-13-28(14-19-17(18)12-21(24)30-19)22(29)9-10-23(25,26)20-8-4-5-11-27-20/h2*2-12,18H,13-14H2,1H3/b2*10-9+/t2*18-/m10/s1. The van der Waals surface area contributed by atoms with Crippen LogP contribution in [-0.2, 0) is 34.5 Å². The molecule has 308 valence electrons. The minimum atomic E-state index is -3.32. The highest BCUT2D eigenvalue weighted by Crippen LogP contribution is 2.43. The largest absolute Gasteiger partial charge is 0.333 e. The lowest BCUT2D eigenvalue weighted by Crippen LogP contribution is -2.37. The van der Waals surface area contributed by atoms with Crippen LogP contribution in [-0.4, -0.2) is 44.7 Å². The highest BCUT2D eigenvalue weighted by molar-refractivity contribution is 7.16. The summed E-state index contributed by atoms with van der Waals surface area (Å²) in [6.07, 6.45) is 5.75. The number of rotatable bonds is 8. The molecule has 6 nitrogen and oxygen atoms in total. The fourth-order valence-corrected chi connectivity index (χ4v) is 10.2. The third kappa shape index (κ3) is 9.73. The summed E-state index contributed by atoms with van der Waals surface area (Å²) in [4.78, 5) is 38.2. The summed E-state index contributed by atoms with van der Waals surface area (Å²) in [6, 6.07) is 28.5. The number of allylic oxidation sites excluding steroid dienone is 2. The molecule has 4 aromatic heterocycles. The van der Waals surface area contributed by atoms with E-state index in [0.29, 0.717) is 47.0 Å². The third-order valence-corrected chi connectivity index (χ3v) is 13.0. The van der Waals surface area contributed by atoms with Crippen LogP contribution in [0.2, 0.25) is 8.67 Å². The van der Waals surface area contributed by atoms with Gasteiger partial charge in [0.1, 0.15) is 11.4 Å². The summed E-state index contributed by atoms with van der Waals surface area (Å²) in [7, 11) is 0. The molecule has 14 heteroatoms. The van der Waals surface area contributed by atoms with Crippen molar-refractivity contribution in [2.24, 2.45) is 0 Å². The Kier molecular flexibility index (Phi) is 13.1. The normalized spacial score (nSPS) is 16.7. The lowest BCUT2D eigenvalue weighted by Gasteiger charge is -2.33. The predicted octanol–water partition coefficient (Wildman–Crippen LogP) is 11.9. The average molecular weight is 890 g/mol. The third-order valence-electron chi connectivity index (χ3n) is 10.5. The van der Waals surface area contributed by atoms with E-state index in [1.165, 1.54) is 59.3 Å². The van der Waals surface area contributed by atoms with Crippen LogP contribution >= 0.6 is 45.9 Å². The fraction of sp³-hybridized carbons (Fsp3) is 0.217. The molecule has 6 heterocycles. The summed E-state index contributed by atoms with van der Waals surface area (Å²) in [5, 5.41) is 0. The Balaban J connectivity index is 0.000000181. The van der Waals surface area contributed by atoms with Crippen LogP contribution < -0.4 is 0 Å². The second kappa shape index (κ2) is 18.2. The number of amides is 2. The van der Waals surface area contributed by atoms with E-state index in [0.717, 1.165) is 55.3 Å². The van der Waals surface area contributed by atoms with Crippen LogP contribution in [0.4, 0.5) is 17.6 Å². The van der Waals surface area contributed by atoms with E-state index in [1.54, 1.807) is 21.9 Å². The second-order valence-corrected chi connectivity index (χ2v) is 18.0. The molecule has 0 unspecified atom stereocenters. The van der Waals surface area contributed by atoms with E-state index in [9.17, 15) is 27.2 Å². The van der Waals surface area contributed by atoms with Crippen LogP contribution in [0.1, 0.15) is 66.4 Å². The van der Waals surface area contributed by atoms with E-state index in [2.05, 4.69) is 9.97 Å². The zero-order valence-electron chi connectivity index (χ0n) is 32.4. The van der Waals surface area contributed by atoms with Crippen molar-refractivity contribution in [2.75, 3.05) is 13.1 Å². The maximum absolute atomic E-state index is 14.4. The highest BCUT2D eigenvalue weighted by atomic mass is 35.5. The van der Waals surface area contributed by atoms with Gasteiger partial charge in [-0.3, -0.25) is 19.6 Å². The molecule has 0 saturated carbocycles. The van der Waals surface area contributed by atoms with Crippen LogP contribution in [0.3, 0.4) is 0 Å². The molecule has 0 radical (unpaired) electrons. The quantitative estimate of drug-likeness (QED) is 0.113. The number of halogens is 6. The van der Waals surface area contributed by atoms with E-state index in [-0.39, 0.29) is 11.8 Å². The molecule has 0 N–H and O–H groups in total. The first kappa shape index (κ1) is 43.0. The van der Waals surface area contributed by atoms with Crippen molar-refractivity contribution < 1.29 is 27.2 Å². The highest BCUT2D eigenvalue weighted by Gasteiger charge is 2.35. The van der Waals surface area contributed by atoms with Crippen LogP contribution in [0.25, 0.3) is 0 Å². The molecule has 6 aromatic rings. The lowest BCUT2D eigenvalue weighted by atomic mass is 9.86. The molecule has 2 aliphatic heterocycles. The monoisotopic (exact) mass is 888 g/mol. The van der Waals surface area contributed by atoms with E-state index in [1.807, 2.05) is 74.5 Å². The molecule has 2 aliphatic rings. The first-order valence-electron chi connectivity index (χ1n) is 18.9. The molecule has 0 spiro atoms. The number of aryl methyl sites for hydroxylation is 2. The van der Waals surface area contributed by atoms with Crippen molar-refractivity contribution in [3.63, 3.8) is 0 Å². The number of carbonyl (C=O) groups excluding carboxylic acids is 2. The van der Waals surface area contributed by atoms with Gasteiger partial charge in [0.25, 0.3) is 0 Å². The van der Waals surface area contributed by atoms with Crippen LogP contribution in [0, 0.1) is 13.8 Å². The molecule has 0 bridgehead atoms. The first-order chi connectivity index (χ1) is 28.7. The maximum atomic E-state index is 14.4. The van der Waals surface area contributed by atoms with Crippen molar-refractivity contribution in [2.45, 2.75) is 50.6 Å². The van der Waals surface area contributed by atoms with Crippen molar-refractivity contribution in [3.8, 4) is 0 Å². The number of alkyl halides is 4. The molecule has 2 aromatic carbocycles. The number of hydrogen-bond acceptors (Lipinski definition) is 6. The second-order valence-electron chi connectivity index (χ2n) is 14.5. The van der Waals surface area contributed by atoms with Gasteiger partial charge in [0.2, 0.25) is 11.8 Å². The molecule has 2 amide bonds. The van der Waals surface area contributed by atoms with Gasteiger partial charge in [-0.15, -0.1) is 22.7 Å². The summed E-state index contributed by atoms with van der Waals surface area (Å²) < 4.78 is 58.9. The lowest BCUT2D eigenvalue weighted by molar-refractivity contribution is -0.128. The maximum Gasteiger partial charge on any atom is 0.308 e. The Morgan fingerprint density at radius 1 is 0.617 bits per heavy atom. The van der Waals surface area contributed by atoms with Gasteiger partial charge < -0.3 is 9.80 Å². The predicted molar refractivity (Wildman–Crippen MR) is 230 cm³/mol. The number of benzene rings is 2. The van der Waals surface area contributed by atoms with Gasteiger partial charge in [0.05, 0.1) is 21.8 Å². The Labute approximate surface area is 363 Å². The summed E-state index contributed by atoms with van der Waals surface area (Å²) in [5.41, 5.74) is 5.86. The van der Waals surface area contributed by atoms with Crippen molar-refractivity contribution in [1.82, 2.24) is 19.8 Å². The minimum Gasteiger partial charge on any atom is -0.333 e. The van der Waals surface area contributed by atoms with Crippen molar-refractivity contribution in [1.29, 1.82) is 0 Å². The molecule has 0 saturated heterocycles. The summed E-state index contributed by atoms with van der Waals surface area (Å²) in [6.45, 7) is 5.57. The number of carbonyl (C=O) groups is 2. The SMILES string of the molecule is Cc1ccccc1[C@@H]1CN(C(=O)/C=C/C(F)(F)c2ccccn2)Cc2sc(Cl)cc21.Cc1ccccc1[C@H]1CN(C(=O)/C=C/C(F)(F)c2ccccn2)Cc2sc(Cl)cc21. The number of nitrogens with zero attached hydrogens (tertiary/aromatic N) is 4. The number of fused-ring (bicyclic) bond motifs is 2. The molecule has 0 aliphatic carbocycles. The van der Waals surface area contributed by atoms with Gasteiger partial charge in [-0.25, -0.2) is 0 Å². The van der Waals surface area contributed by atoms with E-state index >= 15 is 0 Å². The molecule has 0 fully saturated rings. The smallest absolute Gasteiger partial charge is 0.308 e. The number of hydrogen-bond donors (Lipinski definition) is 0. The molecule has 2 atom stereocenters. The number of thiophene rings is 2. The molecular weight excluding hydrogens is 852 g/mol. The van der Waals surface area contributed by atoms with Crippen molar-refractivity contribution in [3.05, 3.63) is 197 Å². The van der Waals surface area contributed by atoms with Crippen LogP contribution in [0.15, 0.2) is 134 Å². The number of pyridine rings is 2. The van der Waals surface area contributed by atoms with Gasteiger partial charge >= 0.3 is 11.8 Å². The topological polar surface area (TPSA) is 66.4 Å². The van der Waals surface area contributed by atoms with Crippen molar-refractivity contribution >= 4 is 57.7 Å². The van der Waals surface area contributed by atoms with Gasteiger partial charge in [0.15, 0.2) is 0 Å². The Bertz CT molecular complexity index is 2370. The summed E-state index contributed by atoms with van der Waals surface area (Å²) in [5.74, 6) is -7.66. The van der Waals surface area contributed by atoms with E-state index in [4.69, 9.17) is 23.2 Å².